The summed E-state index contributed by atoms with van der Waals surface area (Å²) in [6, 6.07) is 8.02. The smallest absolute Gasteiger partial charge is 0.0574 e. The fourth-order valence-electron chi connectivity index (χ4n) is 9.13. The Kier molecular flexibility index (Phi) is 4.21. The normalized spacial score (nSPS) is 22.2. The van der Waals surface area contributed by atoms with E-state index >= 15 is 0 Å². The zero-order chi connectivity index (χ0) is 26.0. The molecule has 3 aliphatic rings. The maximum atomic E-state index is 2.67. The van der Waals surface area contributed by atoms with Gasteiger partial charge in [-0.25, -0.2) is 0 Å². The zero-order valence-electron chi connectivity index (χ0n) is 24.5. The highest BCUT2D eigenvalue weighted by atomic mass is 28.3. The van der Waals surface area contributed by atoms with Crippen LogP contribution >= 0.6 is 0 Å². The molecule has 3 aliphatic carbocycles. The Balaban J connectivity index is 1.85. The van der Waals surface area contributed by atoms with Crippen LogP contribution in [0.15, 0.2) is 18.2 Å². The molecular weight excluding hydrogens is 481 g/mol. The van der Waals surface area contributed by atoms with Crippen molar-refractivity contribution in [1.29, 1.82) is 0 Å². The molecule has 3 heteroatoms. The molecule has 0 aromatic heterocycles. The SMILES string of the molecule is Cc1cc2c3c4c1[C@H]([Si](C)(C)C)c1cc(C)c5c(c14)c1c(cc(C)c(c31)[C@@H]2[Si](C)(C)C)[C@H]5[Si](C)(C)C. The number of aryl methyl sites for hydroxylation is 3. The Morgan fingerprint density at radius 1 is 0.389 bits per heavy atom. The summed E-state index contributed by atoms with van der Waals surface area (Å²) in [6.07, 6.45) is 0. The van der Waals surface area contributed by atoms with Gasteiger partial charge >= 0.3 is 0 Å². The average molecular weight is 523 g/mol. The van der Waals surface area contributed by atoms with Crippen molar-refractivity contribution in [3.8, 4) is 0 Å². The Bertz CT molecular complexity index is 1480. The first kappa shape index (κ1) is 23.4. The first-order valence-corrected chi connectivity index (χ1v) is 24.8. The van der Waals surface area contributed by atoms with Crippen LogP contribution in [0.25, 0.3) is 32.3 Å². The molecule has 4 aromatic carbocycles. The summed E-state index contributed by atoms with van der Waals surface area (Å²) >= 11 is 0. The van der Waals surface area contributed by atoms with E-state index in [9.17, 15) is 0 Å². The summed E-state index contributed by atoms with van der Waals surface area (Å²) < 4.78 is 0. The van der Waals surface area contributed by atoms with Crippen LogP contribution in [0.3, 0.4) is 0 Å². The van der Waals surface area contributed by atoms with E-state index < -0.39 is 24.2 Å². The molecule has 186 valence electrons. The summed E-state index contributed by atoms with van der Waals surface area (Å²) in [5, 5.41) is 10.1. The van der Waals surface area contributed by atoms with Crippen molar-refractivity contribution < 1.29 is 0 Å². The third kappa shape index (κ3) is 2.51. The minimum atomic E-state index is -1.50. The molecule has 0 N–H and O–H groups in total. The van der Waals surface area contributed by atoms with Gasteiger partial charge in [-0.2, -0.15) is 0 Å². The van der Waals surface area contributed by atoms with Crippen LogP contribution in [0.1, 0.15) is 66.7 Å². The molecule has 0 saturated carbocycles. The minimum Gasteiger partial charge on any atom is -0.0688 e. The maximum absolute atomic E-state index is 2.67. The Morgan fingerprint density at radius 2 is 0.611 bits per heavy atom. The van der Waals surface area contributed by atoms with Crippen LogP contribution in [0.4, 0.5) is 0 Å². The molecule has 0 amide bonds. The maximum Gasteiger partial charge on any atom is 0.0574 e. The summed E-state index contributed by atoms with van der Waals surface area (Å²) in [4.78, 5) is 0. The van der Waals surface area contributed by atoms with E-state index in [1.807, 2.05) is 0 Å². The molecule has 0 bridgehead atoms. The second-order valence-electron chi connectivity index (χ2n) is 15.7. The first-order valence-electron chi connectivity index (χ1n) is 14.1. The molecule has 0 heterocycles. The van der Waals surface area contributed by atoms with Crippen LogP contribution in [-0.4, -0.2) is 24.2 Å². The highest BCUT2D eigenvalue weighted by Gasteiger charge is 2.48. The molecule has 0 nitrogen and oxygen atoms in total. The second kappa shape index (κ2) is 6.47. The molecule has 0 spiro atoms. The average Bonchev–Trinajstić information content (AvgIpc) is 3.33. The molecule has 0 fully saturated rings. The van der Waals surface area contributed by atoms with E-state index in [0.29, 0.717) is 16.6 Å². The van der Waals surface area contributed by atoms with E-state index in [4.69, 9.17) is 0 Å². The second-order valence-corrected chi connectivity index (χ2v) is 31.7. The summed E-state index contributed by atoms with van der Waals surface area (Å²) in [5.74, 6) is 0. The van der Waals surface area contributed by atoms with E-state index in [1.165, 1.54) is 0 Å². The topological polar surface area (TPSA) is 0 Å². The first-order chi connectivity index (χ1) is 16.5. The van der Waals surface area contributed by atoms with E-state index in [1.54, 1.807) is 82.4 Å². The predicted molar refractivity (Wildman–Crippen MR) is 169 cm³/mol. The summed E-state index contributed by atoms with van der Waals surface area (Å²) in [6.45, 7) is 30.8. The van der Waals surface area contributed by atoms with Gasteiger partial charge in [0.2, 0.25) is 0 Å². The fraction of sp³-hybridized carbons (Fsp3) is 0.455. The van der Waals surface area contributed by atoms with Crippen molar-refractivity contribution in [1.82, 2.24) is 0 Å². The van der Waals surface area contributed by atoms with Gasteiger partial charge in [-0.1, -0.05) is 77.1 Å². The number of hydrogen-bond acceptors (Lipinski definition) is 0. The molecule has 3 atom stereocenters. The monoisotopic (exact) mass is 522 g/mol. The predicted octanol–water partition coefficient (Wildman–Crippen LogP) is 10.0. The minimum absolute atomic E-state index is 0.607. The lowest BCUT2D eigenvalue weighted by molar-refractivity contribution is 1.07. The van der Waals surface area contributed by atoms with Crippen molar-refractivity contribution in [2.75, 3.05) is 0 Å². The van der Waals surface area contributed by atoms with Crippen LogP contribution < -0.4 is 0 Å². The van der Waals surface area contributed by atoms with Gasteiger partial charge in [0.05, 0.1) is 24.2 Å². The zero-order valence-corrected chi connectivity index (χ0v) is 27.5. The fourth-order valence-corrected chi connectivity index (χ4v) is 16.3. The molecule has 7 rings (SSSR count). The number of hydrogen-bond donors (Lipinski definition) is 0. The molecule has 0 aliphatic heterocycles. The van der Waals surface area contributed by atoms with Gasteiger partial charge < -0.3 is 0 Å². The van der Waals surface area contributed by atoms with Crippen molar-refractivity contribution in [3.63, 3.8) is 0 Å². The quantitative estimate of drug-likeness (QED) is 0.185. The third-order valence-corrected chi connectivity index (χ3v) is 17.0. The van der Waals surface area contributed by atoms with Gasteiger partial charge in [0.1, 0.15) is 0 Å². The number of benzene rings is 4. The van der Waals surface area contributed by atoms with Gasteiger partial charge in [0.15, 0.2) is 0 Å². The molecule has 0 unspecified atom stereocenters. The van der Waals surface area contributed by atoms with E-state index in [2.05, 4.69) is 97.9 Å². The molecular formula is C33H42Si3. The lowest BCUT2D eigenvalue weighted by Gasteiger charge is -2.31. The van der Waals surface area contributed by atoms with Crippen molar-refractivity contribution in [3.05, 3.63) is 68.3 Å². The molecule has 4 aromatic rings. The van der Waals surface area contributed by atoms with Gasteiger partial charge in [-0.15, -0.1) is 0 Å². The number of rotatable bonds is 3. The Morgan fingerprint density at radius 3 is 0.806 bits per heavy atom. The Hall–Kier alpha value is -1.69. The summed E-state index contributed by atoms with van der Waals surface area (Å²) in [5.41, 5.74) is 16.7. The van der Waals surface area contributed by atoms with Crippen molar-refractivity contribution in [2.45, 2.75) is 96.3 Å². The lowest BCUT2D eigenvalue weighted by atomic mass is 9.92. The van der Waals surface area contributed by atoms with Gasteiger partial charge in [0.25, 0.3) is 0 Å². The van der Waals surface area contributed by atoms with Gasteiger partial charge in [-0.3, -0.25) is 0 Å². The van der Waals surface area contributed by atoms with Gasteiger partial charge in [0, 0.05) is 16.6 Å². The largest absolute Gasteiger partial charge is 0.0688 e. The Labute approximate surface area is 220 Å². The lowest BCUT2D eigenvalue weighted by Crippen LogP contribution is -2.32. The van der Waals surface area contributed by atoms with Crippen LogP contribution in [0.2, 0.25) is 58.9 Å². The van der Waals surface area contributed by atoms with Crippen molar-refractivity contribution >= 4 is 56.5 Å². The van der Waals surface area contributed by atoms with Crippen LogP contribution in [0.5, 0.6) is 0 Å². The van der Waals surface area contributed by atoms with E-state index in [0.717, 1.165) is 0 Å². The van der Waals surface area contributed by atoms with Gasteiger partial charge in [-0.05, 0) is 103 Å². The van der Waals surface area contributed by atoms with Crippen molar-refractivity contribution in [2.24, 2.45) is 0 Å². The van der Waals surface area contributed by atoms with Crippen LogP contribution in [0, 0.1) is 20.8 Å². The molecule has 0 saturated heterocycles. The summed E-state index contributed by atoms with van der Waals surface area (Å²) in [7, 11) is -4.51. The molecule has 0 radical (unpaired) electrons. The van der Waals surface area contributed by atoms with Crippen LogP contribution in [-0.2, 0) is 0 Å². The van der Waals surface area contributed by atoms with E-state index in [-0.39, 0.29) is 0 Å². The highest BCUT2D eigenvalue weighted by Crippen LogP contribution is 2.64. The third-order valence-electron chi connectivity index (χ3n) is 9.96. The molecule has 36 heavy (non-hydrogen) atoms. The highest BCUT2D eigenvalue weighted by molar-refractivity contribution is 6.80. The standard InChI is InChI=1S/C33H42Si3/c1-16-13-19-25-28-22(16)31(34(4,5)6)20-14-17(2)24-30(26(20)28)27-21(33(24)36(10,11)12)15-18(3)23(29(25)27)32(19)35(7,8)9/h13-15,31-33H,1-12H3/t31-,32-,33-/m1/s1.